The lowest BCUT2D eigenvalue weighted by Gasteiger charge is -2.06. The highest BCUT2D eigenvalue weighted by Gasteiger charge is 2.68. The molecule has 0 atom stereocenters. The molecule has 0 bridgehead atoms. The van der Waals surface area contributed by atoms with Crippen LogP contribution in [0.3, 0.4) is 0 Å². The van der Waals surface area contributed by atoms with Crippen LogP contribution < -0.4 is 11.1 Å². The molecule has 1 fully saturated rings. The molecule has 5 heteroatoms. The van der Waals surface area contributed by atoms with Gasteiger partial charge in [-0.05, 0) is 23.7 Å². The Bertz CT molecular complexity index is 334. The number of amidine groups is 1. The molecule has 0 spiro atoms. The molecule has 1 aliphatic carbocycles. The Balaban J connectivity index is 2.20. The number of carbonyl (C=O) groups is 1. The Morgan fingerprint density at radius 2 is 1.83 bits per heavy atom. The Morgan fingerprint density at radius 1 is 1.28 bits per heavy atom. The van der Waals surface area contributed by atoms with Crippen molar-refractivity contribution in [2.24, 2.45) is 27.6 Å². The zero-order valence-electron chi connectivity index (χ0n) is 11.8. The van der Waals surface area contributed by atoms with Gasteiger partial charge in [-0.3, -0.25) is 4.79 Å². The fourth-order valence-electron chi connectivity index (χ4n) is 2.65. The molecule has 5 nitrogen and oxygen atoms in total. The second-order valence-corrected chi connectivity index (χ2v) is 6.22. The quantitative estimate of drug-likeness (QED) is 0.222. The predicted octanol–water partition coefficient (Wildman–Crippen LogP) is 1.70. The van der Waals surface area contributed by atoms with E-state index in [4.69, 9.17) is 10.9 Å². The van der Waals surface area contributed by atoms with E-state index in [0.717, 1.165) is 12.8 Å². The summed E-state index contributed by atoms with van der Waals surface area (Å²) in [6.45, 7) is 9.19. The van der Waals surface area contributed by atoms with Crippen LogP contribution in [0.2, 0.25) is 0 Å². The Labute approximate surface area is 109 Å². The lowest BCUT2D eigenvalue weighted by molar-refractivity contribution is -0.123. The summed E-state index contributed by atoms with van der Waals surface area (Å²) < 4.78 is 0. The fourth-order valence-corrected chi connectivity index (χ4v) is 2.65. The smallest absolute Gasteiger partial charge is 0.224 e. The molecule has 0 saturated heterocycles. The van der Waals surface area contributed by atoms with E-state index in [0.29, 0.717) is 13.0 Å². The van der Waals surface area contributed by atoms with E-state index in [1.165, 1.54) is 0 Å². The lowest BCUT2D eigenvalue weighted by atomic mass is 10.0. The highest BCUT2D eigenvalue weighted by molar-refractivity contribution is 5.84. The number of carbonyl (C=O) groups excluding carboxylic acids is 1. The first-order valence-electron chi connectivity index (χ1n) is 6.49. The third-order valence-corrected chi connectivity index (χ3v) is 4.57. The number of unbranched alkanes of at least 4 members (excludes halogenated alkanes) is 1. The van der Waals surface area contributed by atoms with E-state index in [1.54, 1.807) is 0 Å². The van der Waals surface area contributed by atoms with Crippen LogP contribution in [0.25, 0.3) is 0 Å². The van der Waals surface area contributed by atoms with Crippen molar-refractivity contribution in [2.75, 3.05) is 6.54 Å². The molecule has 0 aromatic carbocycles. The van der Waals surface area contributed by atoms with Crippen LogP contribution in [-0.2, 0) is 4.79 Å². The van der Waals surface area contributed by atoms with E-state index >= 15 is 0 Å². The molecule has 0 unspecified atom stereocenters. The molecule has 1 amide bonds. The molecule has 0 heterocycles. The summed E-state index contributed by atoms with van der Waals surface area (Å²) in [6, 6.07) is 0. The van der Waals surface area contributed by atoms with Crippen LogP contribution in [0.5, 0.6) is 0 Å². The van der Waals surface area contributed by atoms with Gasteiger partial charge in [0.15, 0.2) is 0 Å². The number of oxime groups is 1. The first-order valence-corrected chi connectivity index (χ1v) is 6.49. The molecular weight excluding hydrogens is 230 g/mol. The minimum atomic E-state index is 0.0884. The standard InChI is InChI=1S/C13H25N3O2/c1-12(2)10(13(12,3)4)11(17)15-8-6-5-7-9(14)16-18/h10,18H,5-8H2,1-4H3,(H2,14,16)(H,15,17). The highest BCUT2D eigenvalue weighted by atomic mass is 16.4. The molecule has 0 aromatic rings. The first-order chi connectivity index (χ1) is 8.25. The van der Waals surface area contributed by atoms with Crippen LogP contribution in [0.1, 0.15) is 47.0 Å². The average molecular weight is 255 g/mol. The third kappa shape index (κ3) is 2.76. The van der Waals surface area contributed by atoms with Gasteiger partial charge < -0.3 is 16.3 Å². The normalized spacial score (nSPS) is 21.7. The Hall–Kier alpha value is -1.26. The maximum atomic E-state index is 12.0. The molecule has 1 aliphatic rings. The van der Waals surface area contributed by atoms with Gasteiger partial charge in [-0.1, -0.05) is 32.9 Å². The van der Waals surface area contributed by atoms with Gasteiger partial charge >= 0.3 is 0 Å². The maximum absolute atomic E-state index is 12.0. The minimum absolute atomic E-state index is 0.0884. The van der Waals surface area contributed by atoms with Gasteiger partial charge in [0.05, 0.1) is 0 Å². The lowest BCUT2D eigenvalue weighted by Crippen LogP contribution is -2.28. The molecule has 0 aromatic heterocycles. The van der Waals surface area contributed by atoms with Crippen molar-refractivity contribution in [1.82, 2.24) is 5.32 Å². The SMILES string of the molecule is CC1(C)C(C(=O)NCCCCC(N)=NO)C1(C)C. The van der Waals surface area contributed by atoms with Gasteiger partial charge in [-0.15, -0.1) is 0 Å². The third-order valence-electron chi connectivity index (χ3n) is 4.57. The molecule has 1 saturated carbocycles. The zero-order valence-corrected chi connectivity index (χ0v) is 11.8. The Kier molecular flexibility index (Phi) is 4.24. The predicted molar refractivity (Wildman–Crippen MR) is 71.3 cm³/mol. The maximum Gasteiger partial charge on any atom is 0.224 e. The van der Waals surface area contributed by atoms with Crippen LogP contribution in [0, 0.1) is 16.7 Å². The van der Waals surface area contributed by atoms with E-state index in [9.17, 15) is 4.79 Å². The van der Waals surface area contributed by atoms with E-state index in [-0.39, 0.29) is 28.5 Å². The van der Waals surface area contributed by atoms with Crippen LogP contribution >= 0.6 is 0 Å². The largest absolute Gasteiger partial charge is 0.409 e. The summed E-state index contributed by atoms with van der Waals surface area (Å²) in [7, 11) is 0. The number of amides is 1. The second-order valence-electron chi connectivity index (χ2n) is 6.22. The van der Waals surface area contributed by atoms with Crippen molar-refractivity contribution < 1.29 is 10.0 Å². The molecule has 104 valence electrons. The number of hydrogen-bond acceptors (Lipinski definition) is 3. The molecular formula is C13H25N3O2. The number of rotatable bonds is 6. The monoisotopic (exact) mass is 255 g/mol. The van der Waals surface area contributed by atoms with Gasteiger partial charge in [0.25, 0.3) is 0 Å². The van der Waals surface area contributed by atoms with Gasteiger partial charge in [-0.2, -0.15) is 0 Å². The van der Waals surface area contributed by atoms with E-state index in [1.807, 2.05) is 0 Å². The van der Waals surface area contributed by atoms with Crippen molar-refractivity contribution >= 4 is 11.7 Å². The van der Waals surface area contributed by atoms with Crippen LogP contribution in [0.4, 0.5) is 0 Å². The number of nitrogens with two attached hydrogens (primary N) is 1. The number of hydrogen-bond donors (Lipinski definition) is 3. The minimum Gasteiger partial charge on any atom is -0.409 e. The summed E-state index contributed by atoms with van der Waals surface area (Å²) in [5.74, 6) is 0.494. The highest BCUT2D eigenvalue weighted by Crippen LogP contribution is 2.68. The van der Waals surface area contributed by atoms with Gasteiger partial charge in [0.2, 0.25) is 5.91 Å². The second kappa shape index (κ2) is 5.16. The first kappa shape index (κ1) is 14.8. The molecule has 0 radical (unpaired) electrons. The molecule has 18 heavy (non-hydrogen) atoms. The van der Waals surface area contributed by atoms with Gasteiger partial charge in [0.1, 0.15) is 5.84 Å². The van der Waals surface area contributed by atoms with Crippen molar-refractivity contribution in [3.8, 4) is 0 Å². The van der Waals surface area contributed by atoms with Crippen LogP contribution in [-0.4, -0.2) is 23.5 Å². The fraction of sp³-hybridized carbons (Fsp3) is 0.846. The van der Waals surface area contributed by atoms with Crippen molar-refractivity contribution in [1.29, 1.82) is 0 Å². The van der Waals surface area contributed by atoms with Gasteiger partial charge in [-0.25, -0.2) is 0 Å². The molecule has 0 aliphatic heterocycles. The van der Waals surface area contributed by atoms with Crippen LogP contribution in [0.15, 0.2) is 5.16 Å². The van der Waals surface area contributed by atoms with Crippen molar-refractivity contribution in [2.45, 2.75) is 47.0 Å². The topological polar surface area (TPSA) is 87.7 Å². The summed E-state index contributed by atoms with van der Waals surface area (Å²) in [4.78, 5) is 12.0. The zero-order chi connectivity index (χ0) is 14.0. The Morgan fingerprint density at radius 3 is 2.28 bits per heavy atom. The van der Waals surface area contributed by atoms with E-state index in [2.05, 4.69) is 38.2 Å². The summed E-state index contributed by atoms with van der Waals surface area (Å²) >= 11 is 0. The van der Waals surface area contributed by atoms with E-state index < -0.39 is 0 Å². The summed E-state index contributed by atoms with van der Waals surface area (Å²) in [5.41, 5.74) is 5.53. The molecule has 4 N–H and O–H groups in total. The van der Waals surface area contributed by atoms with Crippen molar-refractivity contribution in [3.63, 3.8) is 0 Å². The van der Waals surface area contributed by atoms with Crippen molar-refractivity contribution in [3.05, 3.63) is 0 Å². The van der Waals surface area contributed by atoms with Gasteiger partial charge in [0, 0.05) is 18.9 Å². The summed E-state index contributed by atoms with van der Waals surface area (Å²) in [5, 5.41) is 14.2. The average Bonchev–Trinajstić information content (AvgIpc) is 2.68. The number of nitrogens with zero attached hydrogens (tertiary/aromatic N) is 1. The molecule has 1 rings (SSSR count). The summed E-state index contributed by atoms with van der Waals surface area (Å²) in [6.07, 6.45) is 2.22. The number of nitrogens with one attached hydrogen (secondary N) is 1.